The predicted molar refractivity (Wildman–Crippen MR) is 108 cm³/mol. The average molecular weight is 416 g/mol. The normalized spacial score (nSPS) is 26.8. The molecule has 1 saturated carbocycles. The van der Waals surface area contributed by atoms with Gasteiger partial charge in [0.1, 0.15) is 6.54 Å². The molecule has 1 aromatic carbocycles. The Balaban J connectivity index is 1.49. The second-order valence-electron chi connectivity index (χ2n) is 8.58. The van der Waals surface area contributed by atoms with Gasteiger partial charge in [-0.05, 0) is 36.5 Å². The molecule has 8 heteroatoms. The molecule has 0 aromatic heterocycles. The van der Waals surface area contributed by atoms with Crippen molar-refractivity contribution < 1.29 is 28.8 Å². The summed E-state index contributed by atoms with van der Waals surface area (Å²) < 4.78 is 10.8. The highest BCUT2D eigenvalue weighted by molar-refractivity contribution is 6.44. The van der Waals surface area contributed by atoms with Crippen LogP contribution >= 0.6 is 0 Å². The van der Waals surface area contributed by atoms with E-state index in [9.17, 15) is 14.4 Å². The number of imide groups is 2. The minimum Gasteiger partial charge on any atom is -0.493 e. The van der Waals surface area contributed by atoms with Crippen molar-refractivity contribution in [3.63, 3.8) is 0 Å². The van der Waals surface area contributed by atoms with Crippen LogP contribution in [0.15, 0.2) is 12.1 Å². The van der Waals surface area contributed by atoms with Crippen molar-refractivity contribution >= 4 is 17.8 Å². The van der Waals surface area contributed by atoms with Crippen molar-refractivity contribution in [1.82, 2.24) is 9.80 Å². The second kappa shape index (κ2) is 8.26. The van der Waals surface area contributed by atoms with Gasteiger partial charge in [-0.3, -0.25) is 14.5 Å². The topological polar surface area (TPSA) is 80.6 Å². The van der Waals surface area contributed by atoms with Gasteiger partial charge in [-0.15, -0.1) is 0 Å². The molecule has 1 aliphatic carbocycles. The molecule has 4 rings (SSSR count). The lowest BCUT2D eigenvalue weighted by atomic mass is 9.85. The Bertz CT molecular complexity index is 871. The van der Waals surface area contributed by atoms with E-state index in [1.165, 1.54) is 10.5 Å². The summed E-state index contributed by atoms with van der Waals surface area (Å²) in [6, 6.07) is 3.34. The Morgan fingerprint density at radius 3 is 2.33 bits per heavy atom. The van der Waals surface area contributed by atoms with Crippen LogP contribution < -0.4 is 14.4 Å². The zero-order chi connectivity index (χ0) is 21.4. The number of quaternary nitrogens is 1. The van der Waals surface area contributed by atoms with Gasteiger partial charge in [-0.2, -0.15) is 0 Å². The molecule has 3 atom stereocenters. The number of nitrogens with zero attached hydrogens (tertiary/aromatic N) is 2. The maximum absolute atomic E-state index is 13.0. The van der Waals surface area contributed by atoms with Gasteiger partial charge in [0.25, 0.3) is 0 Å². The van der Waals surface area contributed by atoms with E-state index in [-0.39, 0.29) is 18.6 Å². The number of methoxy groups -OCH3 is 2. The predicted octanol–water partition coefficient (Wildman–Crippen LogP) is 0.972. The van der Waals surface area contributed by atoms with Crippen LogP contribution in [0.25, 0.3) is 0 Å². The lowest BCUT2D eigenvalue weighted by Crippen LogP contribution is -3.13. The van der Waals surface area contributed by atoms with Gasteiger partial charge in [0.2, 0.25) is 0 Å². The van der Waals surface area contributed by atoms with Crippen LogP contribution in [-0.2, 0) is 22.6 Å². The number of amides is 4. The number of hydrogen-bond acceptors (Lipinski definition) is 5. The molecule has 1 unspecified atom stereocenters. The van der Waals surface area contributed by atoms with Gasteiger partial charge in [-0.25, -0.2) is 9.69 Å². The molecule has 0 spiro atoms. The van der Waals surface area contributed by atoms with Gasteiger partial charge in [0.05, 0.1) is 20.8 Å². The molecule has 1 aromatic rings. The minimum atomic E-state index is -0.691. The molecule has 3 aliphatic rings. The molecular formula is C22H30N3O5+. The van der Waals surface area contributed by atoms with Crippen molar-refractivity contribution in [2.24, 2.45) is 5.92 Å². The first-order valence-electron chi connectivity index (χ1n) is 10.7. The summed E-state index contributed by atoms with van der Waals surface area (Å²) >= 11 is 0. The smallest absolute Gasteiger partial charge is 0.338 e. The van der Waals surface area contributed by atoms with E-state index < -0.39 is 17.8 Å². The van der Waals surface area contributed by atoms with E-state index in [0.717, 1.165) is 54.0 Å². The van der Waals surface area contributed by atoms with Crippen LogP contribution in [0.3, 0.4) is 0 Å². The number of urea groups is 1. The number of nitrogens with one attached hydrogen (secondary N) is 1. The van der Waals surface area contributed by atoms with Gasteiger partial charge >= 0.3 is 17.8 Å². The molecular weight excluding hydrogens is 386 g/mol. The third-order valence-electron chi connectivity index (χ3n) is 6.76. The van der Waals surface area contributed by atoms with E-state index in [1.54, 1.807) is 14.2 Å². The van der Waals surface area contributed by atoms with Crippen molar-refractivity contribution in [2.75, 3.05) is 27.4 Å². The first-order valence-corrected chi connectivity index (χ1v) is 10.7. The highest BCUT2D eigenvalue weighted by Crippen LogP contribution is 2.32. The number of benzene rings is 1. The fourth-order valence-corrected chi connectivity index (χ4v) is 5.02. The van der Waals surface area contributed by atoms with E-state index in [1.807, 2.05) is 12.1 Å². The molecule has 2 fully saturated rings. The zero-order valence-corrected chi connectivity index (χ0v) is 17.9. The fraction of sp³-hybridized carbons (Fsp3) is 0.591. The van der Waals surface area contributed by atoms with Crippen LogP contribution in [-0.4, -0.2) is 61.1 Å². The van der Waals surface area contributed by atoms with Gasteiger partial charge < -0.3 is 14.4 Å². The number of ether oxygens (including phenoxy) is 2. The molecule has 0 bridgehead atoms. The largest absolute Gasteiger partial charge is 0.493 e. The molecule has 162 valence electrons. The number of fused-ring (bicyclic) bond motifs is 1. The lowest BCUT2D eigenvalue weighted by Gasteiger charge is -2.34. The van der Waals surface area contributed by atoms with Crippen LogP contribution in [0, 0.1) is 5.92 Å². The van der Waals surface area contributed by atoms with Crippen LogP contribution in [0.5, 0.6) is 11.5 Å². The fourth-order valence-electron chi connectivity index (χ4n) is 5.02. The second-order valence-corrected chi connectivity index (χ2v) is 8.58. The minimum absolute atomic E-state index is 0.165. The quantitative estimate of drug-likeness (QED) is 0.572. The van der Waals surface area contributed by atoms with Crippen molar-refractivity contribution in [3.05, 3.63) is 23.3 Å². The summed E-state index contributed by atoms with van der Waals surface area (Å²) in [5.74, 6) is 0.243. The van der Waals surface area contributed by atoms with Crippen LogP contribution in [0.1, 0.15) is 43.7 Å². The molecule has 1 saturated heterocycles. The summed E-state index contributed by atoms with van der Waals surface area (Å²) in [4.78, 5) is 41.8. The zero-order valence-electron chi connectivity index (χ0n) is 17.9. The van der Waals surface area contributed by atoms with E-state index in [4.69, 9.17) is 9.47 Å². The number of carbonyl (C=O) groups is 3. The summed E-state index contributed by atoms with van der Waals surface area (Å²) in [6.07, 6.45) is 4.66. The van der Waals surface area contributed by atoms with Crippen molar-refractivity contribution in [3.8, 4) is 11.5 Å². The monoisotopic (exact) mass is 416 g/mol. The Morgan fingerprint density at radius 1 is 1.00 bits per heavy atom. The lowest BCUT2D eigenvalue weighted by molar-refractivity contribution is -0.923. The van der Waals surface area contributed by atoms with Gasteiger partial charge in [0, 0.05) is 18.0 Å². The van der Waals surface area contributed by atoms with E-state index in [0.29, 0.717) is 18.0 Å². The summed E-state index contributed by atoms with van der Waals surface area (Å²) in [7, 11) is 3.22. The Morgan fingerprint density at radius 2 is 1.67 bits per heavy atom. The molecule has 4 amide bonds. The van der Waals surface area contributed by atoms with Crippen molar-refractivity contribution in [1.29, 1.82) is 0 Å². The number of carbonyl (C=O) groups excluding carboxylic acids is 3. The molecule has 8 nitrogen and oxygen atoms in total. The Labute approximate surface area is 176 Å². The Kier molecular flexibility index (Phi) is 5.69. The van der Waals surface area contributed by atoms with Gasteiger partial charge in [0.15, 0.2) is 18.2 Å². The average Bonchev–Trinajstić information content (AvgIpc) is 2.96. The van der Waals surface area contributed by atoms with Crippen LogP contribution in [0.2, 0.25) is 0 Å². The van der Waals surface area contributed by atoms with E-state index in [2.05, 4.69) is 6.92 Å². The maximum Gasteiger partial charge on any atom is 0.338 e. The number of rotatable bonds is 5. The molecule has 1 N–H and O–H groups in total. The van der Waals surface area contributed by atoms with Crippen LogP contribution in [0.4, 0.5) is 4.79 Å². The molecule has 2 aliphatic heterocycles. The highest BCUT2D eigenvalue weighted by atomic mass is 16.5. The summed E-state index contributed by atoms with van der Waals surface area (Å²) in [5, 5.41) is 0. The molecule has 30 heavy (non-hydrogen) atoms. The van der Waals surface area contributed by atoms with Crippen molar-refractivity contribution in [2.45, 2.75) is 51.6 Å². The first kappa shape index (κ1) is 20.7. The third kappa shape index (κ3) is 3.53. The molecule has 0 radical (unpaired) electrons. The molecule has 2 heterocycles. The number of hydrogen-bond donors (Lipinski definition) is 1. The highest BCUT2D eigenvalue weighted by Gasteiger charge is 2.50. The standard InChI is InChI=1S/C22H29N3O5/c1-14-6-4-5-7-17(14)25-21(27)20(26)24(22(25)28)13-23-9-8-15-10-18(29-2)19(30-3)11-16(15)12-23/h10-11,14,17H,4-9,12-13H2,1-3H3/p+1/t14-,17-/m0/s1. The third-order valence-corrected chi connectivity index (χ3v) is 6.76. The Hall–Kier alpha value is -2.61. The van der Waals surface area contributed by atoms with Gasteiger partial charge in [-0.1, -0.05) is 19.8 Å². The summed E-state index contributed by atoms with van der Waals surface area (Å²) in [6.45, 7) is 3.69. The first-order chi connectivity index (χ1) is 14.4. The SMILES string of the molecule is COc1cc2c(cc1OC)C[NH+](CN1C(=O)C(=O)N([C@H]3CCCC[C@@H]3C)C1=O)CC2. The van der Waals surface area contributed by atoms with E-state index >= 15 is 0 Å². The summed E-state index contributed by atoms with van der Waals surface area (Å²) in [5.41, 5.74) is 2.29. The maximum atomic E-state index is 13.0.